The van der Waals surface area contributed by atoms with Crippen LogP contribution in [0.3, 0.4) is 0 Å². The number of methoxy groups -OCH3 is 1. The predicted molar refractivity (Wildman–Crippen MR) is 100 cm³/mol. The van der Waals surface area contributed by atoms with Crippen molar-refractivity contribution < 1.29 is 4.74 Å². The number of likely N-dealkylation sites (tertiary alicyclic amines) is 1. The molecule has 3 heterocycles. The molecule has 8 nitrogen and oxygen atoms in total. The fourth-order valence-electron chi connectivity index (χ4n) is 3.61. The van der Waals surface area contributed by atoms with Crippen LogP contribution < -0.4 is 10.4 Å². The molecule has 3 aromatic rings. The summed E-state index contributed by atoms with van der Waals surface area (Å²) in [5.41, 5.74) is 1.68. The second-order valence-corrected chi connectivity index (χ2v) is 6.71. The van der Waals surface area contributed by atoms with Crippen molar-refractivity contribution in [2.45, 2.75) is 25.3 Å². The molecule has 0 spiro atoms. The third kappa shape index (κ3) is 3.75. The van der Waals surface area contributed by atoms with Crippen molar-refractivity contribution in [2.24, 2.45) is 0 Å². The summed E-state index contributed by atoms with van der Waals surface area (Å²) < 4.78 is 6.70. The van der Waals surface area contributed by atoms with Gasteiger partial charge in [-0.3, -0.25) is 4.90 Å². The minimum absolute atomic E-state index is 0.192. The number of piperidine rings is 1. The van der Waals surface area contributed by atoms with Gasteiger partial charge in [-0.15, -0.1) is 0 Å². The SMILES string of the molecule is COc1ncc(CN2CCC[C@@H](c3n[nH]c(=O)n3-c3ccccc3)C2)cn1. The number of aromatic amines is 1. The van der Waals surface area contributed by atoms with E-state index in [2.05, 4.69) is 25.1 Å². The van der Waals surface area contributed by atoms with E-state index in [4.69, 9.17) is 4.74 Å². The average Bonchev–Trinajstić information content (AvgIpc) is 3.11. The smallest absolute Gasteiger partial charge is 0.347 e. The van der Waals surface area contributed by atoms with Crippen LogP contribution in [0.25, 0.3) is 5.69 Å². The van der Waals surface area contributed by atoms with Crippen LogP contribution in [-0.4, -0.2) is 49.8 Å². The van der Waals surface area contributed by atoms with Gasteiger partial charge in [0.05, 0.1) is 12.8 Å². The van der Waals surface area contributed by atoms with E-state index < -0.39 is 0 Å². The third-order valence-electron chi connectivity index (χ3n) is 4.85. The lowest BCUT2D eigenvalue weighted by Gasteiger charge is -2.32. The Labute approximate surface area is 156 Å². The molecule has 0 unspecified atom stereocenters. The van der Waals surface area contributed by atoms with E-state index in [-0.39, 0.29) is 11.6 Å². The van der Waals surface area contributed by atoms with E-state index in [0.717, 1.165) is 49.6 Å². The molecule has 1 aliphatic rings. The number of nitrogens with zero attached hydrogens (tertiary/aromatic N) is 5. The normalized spacial score (nSPS) is 17.7. The highest BCUT2D eigenvalue weighted by Gasteiger charge is 2.26. The van der Waals surface area contributed by atoms with Gasteiger partial charge in [-0.2, -0.15) is 5.10 Å². The lowest BCUT2D eigenvalue weighted by Crippen LogP contribution is -2.35. The first-order valence-corrected chi connectivity index (χ1v) is 9.04. The van der Waals surface area contributed by atoms with Crippen LogP contribution in [0, 0.1) is 0 Å². The Balaban J connectivity index is 1.53. The lowest BCUT2D eigenvalue weighted by molar-refractivity contribution is 0.195. The van der Waals surface area contributed by atoms with E-state index in [1.165, 1.54) is 0 Å². The molecule has 0 aliphatic carbocycles. The number of nitrogens with one attached hydrogen (secondary N) is 1. The van der Waals surface area contributed by atoms with Gasteiger partial charge in [0, 0.05) is 37.0 Å². The van der Waals surface area contributed by atoms with Crippen molar-refractivity contribution in [2.75, 3.05) is 20.2 Å². The van der Waals surface area contributed by atoms with Gasteiger partial charge in [0.1, 0.15) is 5.82 Å². The van der Waals surface area contributed by atoms with E-state index in [0.29, 0.717) is 6.01 Å². The molecule has 0 saturated carbocycles. The zero-order valence-electron chi connectivity index (χ0n) is 15.2. The van der Waals surface area contributed by atoms with Gasteiger partial charge in [-0.05, 0) is 31.5 Å². The summed E-state index contributed by atoms with van der Waals surface area (Å²) >= 11 is 0. The van der Waals surface area contributed by atoms with Gasteiger partial charge in [-0.25, -0.2) is 24.4 Å². The lowest BCUT2D eigenvalue weighted by atomic mass is 9.96. The summed E-state index contributed by atoms with van der Waals surface area (Å²) in [6, 6.07) is 10.0. The van der Waals surface area contributed by atoms with Crippen molar-refractivity contribution in [3.63, 3.8) is 0 Å². The number of rotatable bonds is 5. The Morgan fingerprint density at radius 2 is 2.00 bits per heavy atom. The molecule has 140 valence electrons. The minimum atomic E-state index is -0.197. The predicted octanol–water partition coefficient (Wildman–Crippen LogP) is 1.74. The number of ether oxygens (including phenoxy) is 1. The van der Waals surface area contributed by atoms with E-state index >= 15 is 0 Å². The summed E-state index contributed by atoms with van der Waals surface area (Å²) in [6.07, 6.45) is 5.65. The van der Waals surface area contributed by atoms with Gasteiger partial charge >= 0.3 is 11.7 Å². The van der Waals surface area contributed by atoms with Crippen LogP contribution in [0.1, 0.15) is 30.1 Å². The molecule has 27 heavy (non-hydrogen) atoms. The molecule has 1 saturated heterocycles. The summed E-state index contributed by atoms with van der Waals surface area (Å²) in [5.74, 6) is 0.985. The van der Waals surface area contributed by atoms with Crippen LogP contribution in [0.4, 0.5) is 0 Å². The van der Waals surface area contributed by atoms with Gasteiger partial charge < -0.3 is 4.74 Å². The Hall–Kier alpha value is -3.00. The largest absolute Gasteiger partial charge is 0.467 e. The Morgan fingerprint density at radius 3 is 2.74 bits per heavy atom. The van der Waals surface area contributed by atoms with E-state index in [9.17, 15) is 4.79 Å². The Kier molecular flexibility index (Phi) is 4.97. The molecule has 2 aromatic heterocycles. The highest BCUT2D eigenvalue weighted by Crippen LogP contribution is 2.27. The second-order valence-electron chi connectivity index (χ2n) is 6.71. The van der Waals surface area contributed by atoms with Crippen molar-refractivity contribution in [3.8, 4) is 11.7 Å². The maximum atomic E-state index is 12.3. The van der Waals surface area contributed by atoms with E-state index in [1.54, 1.807) is 24.1 Å². The minimum Gasteiger partial charge on any atom is -0.467 e. The first kappa shape index (κ1) is 17.4. The van der Waals surface area contributed by atoms with E-state index in [1.807, 2.05) is 30.3 Å². The monoisotopic (exact) mass is 366 g/mol. The van der Waals surface area contributed by atoms with Crippen LogP contribution >= 0.6 is 0 Å². The first-order chi connectivity index (χ1) is 13.2. The van der Waals surface area contributed by atoms with Gasteiger partial charge in [-0.1, -0.05) is 18.2 Å². The maximum Gasteiger partial charge on any atom is 0.347 e. The number of para-hydroxylation sites is 1. The number of hydrogen-bond acceptors (Lipinski definition) is 6. The Morgan fingerprint density at radius 1 is 1.22 bits per heavy atom. The van der Waals surface area contributed by atoms with Crippen LogP contribution in [0.2, 0.25) is 0 Å². The quantitative estimate of drug-likeness (QED) is 0.740. The summed E-state index contributed by atoms with van der Waals surface area (Å²) in [6.45, 7) is 2.60. The molecule has 1 N–H and O–H groups in total. The zero-order chi connectivity index (χ0) is 18.6. The van der Waals surface area contributed by atoms with Gasteiger partial charge in [0.2, 0.25) is 0 Å². The number of aromatic nitrogens is 5. The second kappa shape index (κ2) is 7.71. The standard InChI is InChI=1S/C19H22N6O2/c1-27-18-20-10-14(11-21-18)12-24-9-5-6-15(13-24)17-22-23-19(26)25(17)16-7-3-2-4-8-16/h2-4,7-8,10-11,15H,5-6,9,12-13H2,1H3,(H,23,26)/t15-/m1/s1. The van der Waals surface area contributed by atoms with Crippen LogP contribution in [0.15, 0.2) is 47.5 Å². The number of benzene rings is 1. The number of H-pyrrole nitrogens is 1. The number of hydrogen-bond donors (Lipinski definition) is 1. The van der Waals surface area contributed by atoms with Crippen LogP contribution in [0.5, 0.6) is 6.01 Å². The zero-order valence-corrected chi connectivity index (χ0v) is 15.2. The molecule has 1 aliphatic heterocycles. The summed E-state index contributed by atoms with van der Waals surface area (Å²) in [7, 11) is 1.56. The average molecular weight is 366 g/mol. The molecule has 0 amide bonds. The maximum absolute atomic E-state index is 12.3. The van der Waals surface area contributed by atoms with Gasteiger partial charge in [0.15, 0.2) is 0 Å². The molecule has 4 rings (SSSR count). The highest BCUT2D eigenvalue weighted by molar-refractivity contribution is 5.32. The van der Waals surface area contributed by atoms with Crippen LogP contribution in [-0.2, 0) is 6.54 Å². The fourth-order valence-corrected chi connectivity index (χ4v) is 3.61. The molecule has 8 heteroatoms. The summed E-state index contributed by atoms with van der Waals surface area (Å²) in [4.78, 5) is 23.0. The Bertz CT molecular complexity index is 935. The summed E-state index contributed by atoms with van der Waals surface area (Å²) in [5, 5.41) is 6.95. The molecule has 1 atom stereocenters. The molecule has 1 fully saturated rings. The van der Waals surface area contributed by atoms with Crippen molar-refractivity contribution in [1.82, 2.24) is 29.6 Å². The fraction of sp³-hybridized carbons (Fsp3) is 0.368. The van der Waals surface area contributed by atoms with Crippen molar-refractivity contribution in [1.29, 1.82) is 0 Å². The first-order valence-electron chi connectivity index (χ1n) is 9.04. The highest BCUT2D eigenvalue weighted by atomic mass is 16.5. The molecule has 0 bridgehead atoms. The molecular formula is C19H22N6O2. The molecule has 0 radical (unpaired) electrons. The van der Waals surface area contributed by atoms with Crippen molar-refractivity contribution in [3.05, 3.63) is 64.6 Å². The van der Waals surface area contributed by atoms with Crippen molar-refractivity contribution >= 4 is 0 Å². The molecule has 1 aromatic carbocycles. The van der Waals surface area contributed by atoms with Gasteiger partial charge in [0.25, 0.3) is 0 Å². The third-order valence-corrected chi connectivity index (χ3v) is 4.85. The molecular weight excluding hydrogens is 344 g/mol. The topological polar surface area (TPSA) is 88.9 Å².